The van der Waals surface area contributed by atoms with Gasteiger partial charge in [0.05, 0.1) is 12.5 Å². The highest BCUT2D eigenvalue weighted by Crippen LogP contribution is 2.18. The molecule has 0 saturated heterocycles. The first kappa shape index (κ1) is 11.7. The van der Waals surface area contributed by atoms with Crippen molar-refractivity contribution in [2.45, 2.75) is 13.0 Å². The van der Waals surface area contributed by atoms with Crippen molar-refractivity contribution in [1.82, 2.24) is 4.98 Å². The molecule has 2 aromatic heterocycles. The Morgan fingerprint density at radius 2 is 2.29 bits per heavy atom. The number of rotatable bonds is 5. The van der Waals surface area contributed by atoms with Gasteiger partial charge in [-0.1, -0.05) is 6.07 Å². The number of nitrogens with two attached hydrogens (primary N) is 1. The fourth-order valence-electron chi connectivity index (χ4n) is 1.86. The minimum atomic E-state index is 0.637. The van der Waals surface area contributed by atoms with Gasteiger partial charge in [-0.3, -0.25) is 0 Å². The van der Waals surface area contributed by atoms with E-state index in [0.717, 1.165) is 24.3 Å². The van der Waals surface area contributed by atoms with Crippen molar-refractivity contribution < 1.29 is 4.42 Å². The van der Waals surface area contributed by atoms with E-state index in [2.05, 4.69) is 16.0 Å². The van der Waals surface area contributed by atoms with Gasteiger partial charge in [0.25, 0.3) is 0 Å². The first-order valence-electron chi connectivity index (χ1n) is 5.67. The molecule has 0 saturated carbocycles. The highest BCUT2D eigenvalue weighted by Gasteiger charge is 2.08. The van der Waals surface area contributed by atoms with E-state index < -0.39 is 0 Å². The molecule has 0 aliphatic carbocycles. The van der Waals surface area contributed by atoms with Crippen LogP contribution in [0.3, 0.4) is 0 Å². The number of pyridine rings is 1. The van der Waals surface area contributed by atoms with Crippen LogP contribution in [0, 0.1) is 0 Å². The zero-order chi connectivity index (χ0) is 12.1. The number of nitrogens with zero attached hydrogens (tertiary/aromatic N) is 2. The Balaban J connectivity index is 2.15. The van der Waals surface area contributed by atoms with Crippen LogP contribution in [0.4, 0.5) is 5.82 Å². The molecule has 2 rings (SSSR count). The van der Waals surface area contributed by atoms with Gasteiger partial charge in [0.2, 0.25) is 0 Å². The molecular weight excluding hydrogens is 214 g/mol. The largest absolute Gasteiger partial charge is 0.472 e. The molecule has 4 heteroatoms. The van der Waals surface area contributed by atoms with E-state index in [9.17, 15) is 0 Å². The number of anilines is 1. The van der Waals surface area contributed by atoms with Crippen molar-refractivity contribution in [2.24, 2.45) is 5.73 Å². The predicted molar refractivity (Wildman–Crippen MR) is 67.8 cm³/mol. The van der Waals surface area contributed by atoms with Crippen molar-refractivity contribution in [3.63, 3.8) is 0 Å². The summed E-state index contributed by atoms with van der Waals surface area (Å²) in [5.41, 5.74) is 7.92. The van der Waals surface area contributed by atoms with Crippen LogP contribution in [-0.4, -0.2) is 18.6 Å². The third-order valence-electron chi connectivity index (χ3n) is 2.64. The van der Waals surface area contributed by atoms with Crippen LogP contribution in [-0.2, 0) is 13.0 Å². The summed E-state index contributed by atoms with van der Waals surface area (Å²) in [7, 11) is 2.02. The van der Waals surface area contributed by atoms with Gasteiger partial charge in [0, 0.05) is 25.4 Å². The summed E-state index contributed by atoms with van der Waals surface area (Å²) < 4.78 is 5.06. The normalized spacial score (nSPS) is 10.5. The smallest absolute Gasteiger partial charge is 0.131 e. The Morgan fingerprint density at radius 3 is 3.00 bits per heavy atom. The van der Waals surface area contributed by atoms with Gasteiger partial charge in [0.1, 0.15) is 5.82 Å². The minimum Gasteiger partial charge on any atom is -0.472 e. The highest BCUT2D eigenvalue weighted by atomic mass is 16.3. The van der Waals surface area contributed by atoms with E-state index >= 15 is 0 Å². The minimum absolute atomic E-state index is 0.637. The monoisotopic (exact) mass is 231 g/mol. The van der Waals surface area contributed by atoms with E-state index in [4.69, 9.17) is 10.2 Å². The van der Waals surface area contributed by atoms with Gasteiger partial charge in [-0.25, -0.2) is 4.98 Å². The van der Waals surface area contributed by atoms with Crippen LogP contribution >= 0.6 is 0 Å². The number of furan rings is 1. The van der Waals surface area contributed by atoms with Crippen LogP contribution < -0.4 is 10.6 Å². The van der Waals surface area contributed by atoms with Gasteiger partial charge in [-0.15, -0.1) is 0 Å². The number of hydrogen-bond donors (Lipinski definition) is 1. The number of aromatic nitrogens is 1. The summed E-state index contributed by atoms with van der Waals surface area (Å²) in [5.74, 6) is 0.985. The Labute approximate surface area is 101 Å². The standard InChI is InChI=1S/C13H17N3O/c1-16(9-11-5-8-17-10-11)13-12(4-6-14)3-2-7-15-13/h2-3,5,7-8,10H,4,6,9,14H2,1H3. The molecular formula is C13H17N3O. The molecule has 0 unspecified atom stereocenters. The maximum atomic E-state index is 5.60. The van der Waals surface area contributed by atoms with E-state index in [0.29, 0.717) is 6.54 Å². The second-order valence-electron chi connectivity index (χ2n) is 4.01. The Hall–Kier alpha value is -1.81. The molecule has 2 aromatic rings. The first-order valence-corrected chi connectivity index (χ1v) is 5.67. The highest BCUT2D eigenvalue weighted by molar-refractivity contribution is 5.46. The Kier molecular flexibility index (Phi) is 3.77. The first-order chi connectivity index (χ1) is 8.31. The Morgan fingerprint density at radius 1 is 1.41 bits per heavy atom. The zero-order valence-electron chi connectivity index (χ0n) is 9.97. The molecule has 0 bridgehead atoms. The fourth-order valence-corrected chi connectivity index (χ4v) is 1.86. The average Bonchev–Trinajstić information content (AvgIpc) is 2.83. The fraction of sp³-hybridized carbons (Fsp3) is 0.308. The molecule has 0 radical (unpaired) electrons. The maximum absolute atomic E-state index is 5.60. The summed E-state index contributed by atoms with van der Waals surface area (Å²) in [6.45, 7) is 1.42. The van der Waals surface area contributed by atoms with Crippen LogP contribution in [0.25, 0.3) is 0 Å². The summed E-state index contributed by atoms with van der Waals surface area (Å²) in [5, 5.41) is 0. The van der Waals surface area contributed by atoms with Gasteiger partial charge in [-0.05, 0) is 30.7 Å². The lowest BCUT2D eigenvalue weighted by atomic mass is 10.1. The zero-order valence-corrected chi connectivity index (χ0v) is 9.97. The molecule has 17 heavy (non-hydrogen) atoms. The second-order valence-corrected chi connectivity index (χ2v) is 4.01. The molecule has 4 nitrogen and oxygen atoms in total. The molecule has 0 fully saturated rings. The van der Waals surface area contributed by atoms with Crippen LogP contribution in [0.1, 0.15) is 11.1 Å². The lowest BCUT2D eigenvalue weighted by Gasteiger charge is -2.20. The van der Waals surface area contributed by atoms with Gasteiger partial charge in [0.15, 0.2) is 0 Å². The molecule has 0 aliphatic heterocycles. The van der Waals surface area contributed by atoms with E-state index in [1.807, 2.05) is 19.2 Å². The average molecular weight is 231 g/mol. The maximum Gasteiger partial charge on any atom is 0.131 e. The Bertz CT molecular complexity index is 453. The summed E-state index contributed by atoms with van der Waals surface area (Å²) in [6.07, 6.45) is 6.09. The molecule has 0 amide bonds. The van der Waals surface area contributed by atoms with Crippen molar-refractivity contribution in [3.05, 3.63) is 48.0 Å². The topological polar surface area (TPSA) is 55.3 Å². The predicted octanol–water partition coefficient (Wildman–Crippen LogP) is 1.81. The molecule has 0 atom stereocenters. The lowest BCUT2D eigenvalue weighted by Crippen LogP contribution is -2.20. The van der Waals surface area contributed by atoms with Gasteiger partial charge >= 0.3 is 0 Å². The molecule has 2 heterocycles. The van der Waals surface area contributed by atoms with Gasteiger partial charge < -0.3 is 15.1 Å². The van der Waals surface area contributed by atoms with Crippen molar-refractivity contribution >= 4 is 5.82 Å². The summed E-state index contributed by atoms with van der Waals surface area (Å²) in [4.78, 5) is 6.52. The third-order valence-corrected chi connectivity index (χ3v) is 2.64. The van der Waals surface area contributed by atoms with Crippen molar-refractivity contribution in [1.29, 1.82) is 0 Å². The van der Waals surface area contributed by atoms with Crippen molar-refractivity contribution in [3.8, 4) is 0 Å². The summed E-state index contributed by atoms with van der Waals surface area (Å²) >= 11 is 0. The summed E-state index contributed by atoms with van der Waals surface area (Å²) in [6, 6.07) is 5.98. The van der Waals surface area contributed by atoms with E-state index in [1.165, 1.54) is 5.56 Å². The molecule has 0 aliphatic rings. The van der Waals surface area contributed by atoms with E-state index in [1.54, 1.807) is 18.7 Å². The van der Waals surface area contributed by atoms with Crippen LogP contribution in [0.15, 0.2) is 41.3 Å². The second kappa shape index (κ2) is 5.50. The number of hydrogen-bond acceptors (Lipinski definition) is 4. The quantitative estimate of drug-likeness (QED) is 0.852. The van der Waals surface area contributed by atoms with Crippen LogP contribution in [0.2, 0.25) is 0 Å². The molecule has 0 aromatic carbocycles. The SMILES string of the molecule is CN(Cc1ccoc1)c1ncccc1CCN. The van der Waals surface area contributed by atoms with Gasteiger partial charge in [-0.2, -0.15) is 0 Å². The molecule has 90 valence electrons. The molecule has 2 N–H and O–H groups in total. The van der Waals surface area contributed by atoms with E-state index in [-0.39, 0.29) is 0 Å². The molecule has 0 spiro atoms. The van der Waals surface area contributed by atoms with Crippen LogP contribution in [0.5, 0.6) is 0 Å². The third kappa shape index (κ3) is 2.85. The van der Waals surface area contributed by atoms with Crippen molar-refractivity contribution in [2.75, 3.05) is 18.5 Å². The lowest BCUT2D eigenvalue weighted by molar-refractivity contribution is 0.563.